The Hall–Kier alpha value is -2.70. The van der Waals surface area contributed by atoms with Gasteiger partial charge in [0.15, 0.2) is 0 Å². The van der Waals surface area contributed by atoms with E-state index in [-0.39, 0.29) is 18.0 Å². The van der Waals surface area contributed by atoms with E-state index in [4.69, 9.17) is 4.74 Å². The molecule has 2 rings (SSSR count). The molecule has 0 fully saturated rings. The fourth-order valence-electron chi connectivity index (χ4n) is 2.92. The highest BCUT2D eigenvalue weighted by molar-refractivity contribution is 5.95. The SMILES string of the molecule is CCN1C(=O)CC(c2cccc([N+](=O)[O-])c2)C(C(=O)OC)=C1C. The Morgan fingerprint density at radius 2 is 2.17 bits per heavy atom. The molecule has 1 aromatic rings. The first kappa shape index (κ1) is 16.7. The van der Waals surface area contributed by atoms with Crippen LogP contribution in [0.15, 0.2) is 35.5 Å². The molecule has 23 heavy (non-hydrogen) atoms. The van der Waals surface area contributed by atoms with Gasteiger partial charge in [0.1, 0.15) is 0 Å². The van der Waals surface area contributed by atoms with E-state index in [1.54, 1.807) is 19.1 Å². The minimum absolute atomic E-state index is 0.0743. The van der Waals surface area contributed by atoms with Crippen molar-refractivity contribution in [3.05, 3.63) is 51.2 Å². The Labute approximate surface area is 133 Å². The van der Waals surface area contributed by atoms with Crippen molar-refractivity contribution in [2.75, 3.05) is 13.7 Å². The van der Waals surface area contributed by atoms with Gasteiger partial charge in [0.2, 0.25) is 5.91 Å². The van der Waals surface area contributed by atoms with Crippen molar-refractivity contribution >= 4 is 17.6 Å². The van der Waals surface area contributed by atoms with Gasteiger partial charge >= 0.3 is 5.97 Å². The van der Waals surface area contributed by atoms with Gasteiger partial charge in [-0.2, -0.15) is 0 Å². The highest BCUT2D eigenvalue weighted by Crippen LogP contribution is 2.37. The lowest BCUT2D eigenvalue weighted by Crippen LogP contribution is -2.38. The molecule has 122 valence electrons. The fraction of sp³-hybridized carbons (Fsp3) is 0.375. The monoisotopic (exact) mass is 318 g/mol. The average molecular weight is 318 g/mol. The third-order valence-corrected chi connectivity index (χ3v) is 4.03. The number of amides is 1. The molecule has 0 radical (unpaired) electrons. The number of nitro benzene ring substituents is 1. The largest absolute Gasteiger partial charge is 0.466 e. The van der Waals surface area contributed by atoms with Gasteiger partial charge in [-0.1, -0.05) is 12.1 Å². The minimum Gasteiger partial charge on any atom is -0.466 e. The van der Waals surface area contributed by atoms with Gasteiger partial charge in [0, 0.05) is 36.7 Å². The number of hydrogen-bond acceptors (Lipinski definition) is 5. The van der Waals surface area contributed by atoms with E-state index in [1.165, 1.54) is 24.1 Å². The summed E-state index contributed by atoms with van der Waals surface area (Å²) in [5, 5.41) is 11.0. The van der Waals surface area contributed by atoms with Crippen molar-refractivity contribution < 1.29 is 19.2 Å². The number of esters is 1. The zero-order valence-corrected chi connectivity index (χ0v) is 13.2. The Kier molecular flexibility index (Phi) is 4.78. The summed E-state index contributed by atoms with van der Waals surface area (Å²) in [4.78, 5) is 36.5. The first-order valence-electron chi connectivity index (χ1n) is 7.24. The Balaban J connectivity index is 2.57. The highest BCUT2D eigenvalue weighted by atomic mass is 16.6. The summed E-state index contributed by atoms with van der Waals surface area (Å²) in [6.45, 7) is 3.97. The number of rotatable bonds is 4. The molecule has 7 nitrogen and oxygen atoms in total. The molecule has 0 aromatic heterocycles. The molecule has 1 aliphatic rings. The van der Waals surface area contributed by atoms with Gasteiger partial charge in [-0.3, -0.25) is 14.9 Å². The van der Waals surface area contributed by atoms with Gasteiger partial charge in [0.25, 0.3) is 5.69 Å². The number of allylic oxidation sites excluding steroid dienone is 1. The minimum atomic E-state index is -0.544. The van der Waals surface area contributed by atoms with Gasteiger partial charge in [-0.25, -0.2) is 4.79 Å². The lowest BCUT2D eigenvalue weighted by atomic mass is 9.83. The lowest BCUT2D eigenvalue weighted by Gasteiger charge is -2.33. The summed E-state index contributed by atoms with van der Waals surface area (Å²) >= 11 is 0. The van der Waals surface area contributed by atoms with Crippen LogP contribution in [0.1, 0.15) is 31.7 Å². The highest BCUT2D eigenvalue weighted by Gasteiger charge is 2.36. The zero-order valence-electron chi connectivity index (χ0n) is 13.2. The third kappa shape index (κ3) is 3.08. The summed E-state index contributed by atoms with van der Waals surface area (Å²) in [6.07, 6.45) is 0.0801. The summed E-state index contributed by atoms with van der Waals surface area (Å²) < 4.78 is 4.85. The van der Waals surface area contributed by atoms with Crippen LogP contribution in [0.25, 0.3) is 0 Å². The fourth-order valence-corrected chi connectivity index (χ4v) is 2.92. The molecule has 0 saturated carbocycles. The Morgan fingerprint density at radius 3 is 2.74 bits per heavy atom. The van der Waals surface area contributed by atoms with Crippen LogP contribution in [0.3, 0.4) is 0 Å². The smallest absolute Gasteiger partial charge is 0.336 e. The molecule has 1 heterocycles. The molecule has 0 N–H and O–H groups in total. The summed E-state index contributed by atoms with van der Waals surface area (Å²) in [6, 6.07) is 6.01. The predicted molar refractivity (Wildman–Crippen MR) is 82.6 cm³/mol. The Bertz CT molecular complexity index is 695. The van der Waals surface area contributed by atoms with E-state index >= 15 is 0 Å². The van der Waals surface area contributed by atoms with E-state index in [0.29, 0.717) is 23.4 Å². The molecule has 1 aliphatic heterocycles. The third-order valence-electron chi connectivity index (χ3n) is 4.03. The van der Waals surface area contributed by atoms with E-state index in [9.17, 15) is 19.7 Å². The maximum Gasteiger partial charge on any atom is 0.336 e. The topological polar surface area (TPSA) is 89.8 Å². The average Bonchev–Trinajstić information content (AvgIpc) is 2.54. The van der Waals surface area contributed by atoms with Gasteiger partial charge < -0.3 is 9.64 Å². The van der Waals surface area contributed by atoms with Crippen LogP contribution in [0.4, 0.5) is 5.69 Å². The maximum atomic E-state index is 12.3. The van der Waals surface area contributed by atoms with Crippen LogP contribution in [-0.4, -0.2) is 35.4 Å². The van der Waals surface area contributed by atoms with Crippen LogP contribution in [0.2, 0.25) is 0 Å². The molecular weight excluding hydrogens is 300 g/mol. The van der Waals surface area contributed by atoms with Crippen LogP contribution >= 0.6 is 0 Å². The normalized spacial score (nSPS) is 18.1. The van der Waals surface area contributed by atoms with Crippen LogP contribution in [0, 0.1) is 10.1 Å². The number of nitrogens with zero attached hydrogens (tertiary/aromatic N) is 2. The summed E-state index contributed by atoms with van der Waals surface area (Å²) in [5.74, 6) is -1.18. The van der Waals surface area contributed by atoms with Gasteiger partial charge in [-0.05, 0) is 19.4 Å². The van der Waals surface area contributed by atoms with E-state index < -0.39 is 16.8 Å². The number of ether oxygens (including phenoxy) is 1. The first-order valence-corrected chi connectivity index (χ1v) is 7.24. The lowest BCUT2D eigenvalue weighted by molar-refractivity contribution is -0.384. The second kappa shape index (κ2) is 6.60. The number of nitro groups is 1. The molecule has 7 heteroatoms. The number of hydrogen-bond donors (Lipinski definition) is 0. The first-order chi connectivity index (χ1) is 10.9. The molecule has 0 aliphatic carbocycles. The molecule has 1 aromatic carbocycles. The number of carbonyl (C=O) groups is 2. The molecule has 0 saturated heterocycles. The number of non-ortho nitro benzene ring substituents is 1. The molecule has 1 amide bonds. The second-order valence-electron chi connectivity index (χ2n) is 5.24. The van der Waals surface area contributed by atoms with Crippen LogP contribution in [0.5, 0.6) is 0 Å². The van der Waals surface area contributed by atoms with E-state index in [0.717, 1.165) is 0 Å². The quantitative estimate of drug-likeness (QED) is 0.483. The van der Waals surface area contributed by atoms with Crippen LogP contribution in [-0.2, 0) is 14.3 Å². The van der Waals surface area contributed by atoms with Crippen LogP contribution < -0.4 is 0 Å². The van der Waals surface area contributed by atoms with Crippen molar-refractivity contribution in [3.8, 4) is 0 Å². The molecule has 0 spiro atoms. The molecular formula is C16H18N2O5. The maximum absolute atomic E-state index is 12.3. The molecule has 0 bridgehead atoms. The predicted octanol–water partition coefficient (Wildman–Crippen LogP) is 2.38. The molecule has 1 atom stereocenters. The number of methoxy groups -OCH3 is 1. The Morgan fingerprint density at radius 1 is 1.48 bits per heavy atom. The number of benzene rings is 1. The van der Waals surface area contributed by atoms with Crippen molar-refractivity contribution in [1.82, 2.24) is 4.90 Å². The van der Waals surface area contributed by atoms with Crippen molar-refractivity contribution in [2.45, 2.75) is 26.2 Å². The van der Waals surface area contributed by atoms with E-state index in [2.05, 4.69) is 0 Å². The number of carbonyl (C=O) groups excluding carboxylic acids is 2. The van der Waals surface area contributed by atoms with Gasteiger partial charge in [-0.15, -0.1) is 0 Å². The van der Waals surface area contributed by atoms with Gasteiger partial charge in [0.05, 0.1) is 17.6 Å². The van der Waals surface area contributed by atoms with Crippen molar-refractivity contribution in [1.29, 1.82) is 0 Å². The van der Waals surface area contributed by atoms with E-state index in [1.807, 2.05) is 6.92 Å². The second-order valence-corrected chi connectivity index (χ2v) is 5.24. The van der Waals surface area contributed by atoms with Crippen molar-refractivity contribution in [3.63, 3.8) is 0 Å². The zero-order chi connectivity index (χ0) is 17.1. The summed E-state index contributed by atoms with van der Waals surface area (Å²) in [5.41, 5.74) is 1.39. The van der Waals surface area contributed by atoms with Crippen molar-refractivity contribution in [2.24, 2.45) is 0 Å². The summed E-state index contributed by atoms with van der Waals surface area (Å²) in [7, 11) is 1.28. The molecule has 1 unspecified atom stereocenters. The standard InChI is InChI=1S/C16H18N2O5/c1-4-17-10(2)15(16(20)23-3)13(9-14(17)19)11-6-5-7-12(8-11)18(21)22/h5-8,13H,4,9H2,1-3H3.